The molecule has 1 aromatic heterocycles. The summed E-state index contributed by atoms with van der Waals surface area (Å²) in [6.07, 6.45) is 1.88. The molecule has 0 saturated heterocycles. The van der Waals surface area contributed by atoms with Gasteiger partial charge in [-0.3, -0.25) is 4.72 Å². The Morgan fingerprint density at radius 2 is 2.00 bits per heavy atom. The molecule has 0 saturated carbocycles. The van der Waals surface area contributed by atoms with Gasteiger partial charge in [-0.1, -0.05) is 6.92 Å². The van der Waals surface area contributed by atoms with Gasteiger partial charge in [0.25, 0.3) is 0 Å². The van der Waals surface area contributed by atoms with Gasteiger partial charge >= 0.3 is 5.97 Å². The second-order valence-corrected chi connectivity index (χ2v) is 6.19. The van der Waals surface area contributed by atoms with Crippen molar-refractivity contribution in [1.82, 2.24) is 4.98 Å². The lowest BCUT2D eigenvalue weighted by Gasteiger charge is -2.14. The number of ether oxygens (including phenoxy) is 1. The molecular formula is C12H19N3O4S. The predicted octanol–water partition coefficient (Wildman–Crippen LogP) is 1.45. The van der Waals surface area contributed by atoms with Crippen LogP contribution in [-0.2, 0) is 14.8 Å². The average Bonchev–Trinajstić information content (AvgIpc) is 2.35. The van der Waals surface area contributed by atoms with Crippen molar-refractivity contribution in [1.29, 1.82) is 0 Å². The molecule has 0 unspecified atom stereocenters. The number of carbonyl (C=O) groups excluding carboxylic acids is 1. The molecule has 0 spiro atoms. The topological polar surface area (TPSA) is 97.4 Å². The molecule has 0 amide bonds. The zero-order valence-corrected chi connectivity index (χ0v) is 12.7. The van der Waals surface area contributed by atoms with Crippen molar-refractivity contribution in [3.8, 4) is 0 Å². The van der Waals surface area contributed by atoms with E-state index in [0.717, 1.165) is 12.7 Å². The monoisotopic (exact) mass is 301 g/mol. The van der Waals surface area contributed by atoms with Crippen LogP contribution in [0.15, 0.2) is 12.1 Å². The molecule has 1 heterocycles. The lowest BCUT2D eigenvalue weighted by Crippen LogP contribution is -2.17. The smallest absolute Gasteiger partial charge is 0.338 e. The first-order valence-corrected chi connectivity index (χ1v) is 7.99. The molecule has 0 fully saturated rings. The standard InChI is InChI=1S/C12H19N3O4S/c1-5-8(2)13-10-6-9(12(16)19-3)7-11(14-10)15-20(4,17)18/h6-8H,5H2,1-4H3,(H2,13,14,15)/t8-/m0/s1. The number of hydrogen-bond donors (Lipinski definition) is 2. The molecule has 0 radical (unpaired) electrons. The fraction of sp³-hybridized carbons (Fsp3) is 0.500. The Balaban J connectivity index is 3.17. The van der Waals surface area contributed by atoms with Crippen molar-refractivity contribution in [2.75, 3.05) is 23.4 Å². The Bertz CT molecular complexity index is 586. The Labute approximate surface area is 118 Å². The highest BCUT2D eigenvalue weighted by molar-refractivity contribution is 7.92. The van der Waals surface area contributed by atoms with Gasteiger partial charge in [0.15, 0.2) is 0 Å². The van der Waals surface area contributed by atoms with E-state index in [1.165, 1.54) is 19.2 Å². The van der Waals surface area contributed by atoms with Crippen molar-refractivity contribution in [2.24, 2.45) is 0 Å². The molecule has 0 aliphatic rings. The lowest BCUT2D eigenvalue weighted by molar-refractivity contribution is 0.0600. The van der Waals surface area contributed by atoms with Crippen LogP contribution in [0.25, 0.3) is 0 Å². The molecule has 0 aromatic carbocycles. The summed E-state index contributed by atoms with van der Waals surface area (Å²) < 4.78 is 29.4. The van der Waals surface area contributed by atoms with Crippen molar-refractivity contribution >= 4 is 27.6 Å². The first kappa shape index (κ1) is 16.2. The van der Waals surface area contributed by atoms with Crippen LogP contribution in [0.1, 0.15) is 30.6 Å². The van der Waals surface area contributed by atoms with Gasteiger partial charge in [-0.15, -0.1) is 0 Å². The molecule has 0 aliphatic carbocycles. The third kappa shape index (κ3) is 5.04. The molecule has 7 nitrogen and oxygen atoms in total. The maximum atomic E-state index is 11.6. The molecule has 1 rings (SSSR count). The van der Waals surface area contributed by atoms with E-state index >= 15 is 0 Å². The molecule has 20 heavy (non-hydrogen) atoms. The second kappa shape index (κ2) is 6.56. The minimum Gasteiger partial charge on any atom is -0.465 e. The SMILES string of the molecule is CC[C@H](C)Nc1cc(C(=O)OC)cc(NS(C)(=O)=O)n1. The van der Waals surface area contributed by atoms with E-state index in [2.05, 4.69) is 19.8 Å². The summed E-state index contributed by atoms with van der Waals surface area (Å²) in [6, 6.07) is 2.99. The summed E-state index contributed by atoms with van der Waals surface area (Å²) >= 11 is 0. The van der Waals surface area contributed by atoms with Crippen LogP contribution in [0, 0.1) is 0 Å². The maximum Gasteiger partial charge on any atom is 0.338 e. The number of nitrogens with zero attached hydrogens (tertiary/aromatic N) is 1. The molecule has 8 heteroatoms. The van der Waals surface area contributed by atoms with Gasteiger partial charge in [0, 0.05) is 6.04 Å². The summed E-state index contributed by atoms with van der Waals surface area (Å²) in [7, 11) is -2.21. The van der Waals surface area contributed by atoms with Crippen LogP contribution in [0.2, 0.25) is 0 Å². The number of aromatic nitrogens is 1. The van der Waals surface area contributed by atoms with E-state index in [4.69, 9.17) is 0 Å². The molecule has 0 bridgehead atoms. The minimum atomic E-state index is -3.47. The quantitative estimate of drug-likeness (QED) is 0.772. The molecule has 0 aliphatic heterocycles. The Kier molecular flexibility index (Phi) is 5.32. The normalized spacial score (nSPS) is 12.6. The molecule has 1 atom stereocenters. The van der Waals surface area contributed by atoms with Crippen LogP contribution in [0.5, 0.6) is 0 Å². The Morgan fingerprint density at radius 1 is 1.40 bits per heavy atom. The summed E-state index contributed by atoms with van der Waals surface area (Å²) in [6.45, 7) is 3.95. The lowest BCUT2D eigenvalue weighted by atomic mass is 10.2. The van der Waals surface area contributed by atoms with Crippen LogP contribution in [-0.4, -0.2) is 38.8 Å². The molecule has 112 valence electrons. The van der Waals surface area contributed by atoms with E-state index in [1.54, 1.807) is 0 Å². The van der Waals surface area contributed by atoms with Gasteiger partial charge in [-0.2, -0.15) is 0 Å². The first-order valence-electron chi connectivity index (χ1n) is 6.10. The highest BCUT2D eigenvalue weighted by atomic mass is 32.2. The number of anilines is 2. The van der Waals surface area contributed by atoms with Gasteiger partial charge in [-0.25, -0.2) is 18.2 Å². The van der Waals surface area contributed by atoms with E-state index in [0.29, 0.717) is 5.82 Å². The predicted molar refractivity (Wildman–Crippen MR) is 77.4 cm³/mol. The summed E-state index contributed by atoms with van der Waals surface area (Å²) in [5, 5.41) is 3.08. The van der Waals surface area contributed by atoms with E-state index in [1.807, 2.05) is 13.8 Å². The summed E-state index contributed by atoms with van der Waals surface area (Å²) in [5.74, 6) is -0.0780. The number of carbonyl (C=O) groups is 1. The highest BCUT2D eigenvalue weighted by Crippen LogP contribution is 2.17. The number of esters is 1. The number of pyridine rings is 1. The number of nitrogens with one attached hydrogen (secondary N) is 2. The van der Waals surface area contributed by atoms with E-state index in [-0.39, 0.29) is 17.4 Å². The number of methoxy groups -OCH3 is 1. The summed E-state index contributed by atoms with van der Waals surface area (Å²) in [4.78, 5) is 15.7. The Morgan fingerprint density at radius 3 is 2.50 bits per heavy atom. The maximum absolute atomic E-state index is 11.6. The molecular weight excluding hydrogens is 282 g/mol. The van der Waals surface area contributed by atoms with Crippen molar-refractivity contribution < 1.29 is 17.9 Å². The number of hydrogen-bond acceptors (Lipinski definition) is 6. The van der Waals surface area contributed by atoms with Gasteiger partial charge in [-0.05, 0) is 25.5 Å². The van der Waals surface area contributed by atoms with Gasteiger partial charge < -0.3 is 10.1 Å². The van der Waals surface area contributed by atoms with Crippen LogP contribution in [0.3, 0.4) is 0 Å². The second-order valence-electron chi connectivity index (χ2n) is 4.45. The highest BCUT2D eigenvalue weighted by Gasteiger charge is 2.13. The van der Waals surface area contributed by atoms with Gasteiger partial charge in [0.2, 0.25) is 10.0 Å². The Hall–Kier alpha value is -1.83. The third-order valence-electron chi connectivity index (χ3n) is 2.54. The average molecular weight is 301 g/mol. The fourth-order valence-electron chi connectivity index (χ4n) is 1.44. The van der Waals surface area contributed by atoms with Crippen LogP contribution in [0.4, 0.5) is 11.6 Å². The largest absolute Gasteiger partial charge is 0.465 e. The van der Waals surface area contributed by atoms with Gasteiger partial charge in [0.1, 0.15) is 11.6 Å². The fourth-order valence-corrected chi connectivity index (χ4v) is 1.92. The van der Waals surface area contributed by atoms with Crippen molar-refractivity contribution in [2.45, 2.75) is 26.3 Å². The zero-order valence-electron chi connectivity index (χ0n) is 11.9. The first-order chi connectivity index (χ1) is 9.25. The zero-order chi connectivity index (χ0) is 15.3. The molecule has 1 aromatic rings. The third-order valence-corrected chi connectivity index (χ3v) is 3.12. The number of sulfonamides is 1. The minimum absolute atomic E-state index is 0.0706. The van der Waals surface area contributed by atoms with E-state index in [9.17, 15) is 13.2 Å². The van der Waals surface area contributed by atoms with Crippen molar-refractivity contribution in [3.05, 3.63) is 17.7 Å². The molecule has 2 N–H and O–H groups in total. The van der Waals surface area contributed by atoms with Gasteiger partial charge in [0.05, 0.1) is 18.9 Å². The van der Waals surface area contributed by atoms with Crippen LogP contribution >= 0.6 is 0 Å². The number of rotatable bonds is 6. The summed E-state index contributed by atoms with van der Waals surface area (Å²) in [5.41, 5.74) is 0.222. The van der Waals surface area contributed by atoms with E-state index < -0.39 is 16.0 Å². The van der Waals surface area contributed by atoms with Crippen molar-refractivity contribution in [3.63, 3.8) is 0 Å². The van der Waals surface area contributed by atoms with Crippen LogP contribution < -0.4 is 10.0 Å².